The average molecular weight is 442 g/mol. The van der Waals surface area contributed by atoms with Gasteiger partial charge in [0.1, 0.15) is 6.04 Å². The quantitative estimate of drug-likeness (QED) is 0.199. The smallest absolute Gasteiger partial charge is 0.328 e. The number of methoxy groups -OCH3 is 1. The average Bonchev–Trinajstić information content (AvgIpc) is 2.82. The molecule has 33 heavy (non-hydrogen) atoms. The van der Waals surface area contributed by atoms with Gasteiger partial charge in [-0.25, -0.2) is 4.79 Å². The lowest BCUT2D eigenvalue weighted by Gasteiger charge is -2.19. The highest BCUT2D eigenvalue weighted by molar-refractivity contribution is 6.02. The molecule has 0 spiro atoms. The summed E-state index contributed by atoms with van der Waals surface area (Å²) in [6.45, 7) is 0. The molecule has 1 amide bonds. The summed E-state index contributed by atoms with van der Waals surface area (Å²) >= 11 is 0. The molecule has 7 heteroatoms. The minimum absolute atomic E-state index is 0.0907. The number of nitrogens with one attached hydrogen (secondary N) is 1. The fourth-order valence-electron chi connectivity index (χ4n) is 4.08. The van der Waals surface area contributed by atoms with E-state index in [1.165, 1.54) is 25.3 Å². The van der Waals surface area contributed by atoms with Gasteiger partial charge in [-0.1, -0.05) is 60.7 Å². The zero-order chi connectivity index (χ0) is 23.4. The van der Waals surface area contributed by atoms with Crippen molar-refractivity contribution in [2.75, 3.05) is 7.11 Å². The molecule has 0 saturated heterocycles. The van der Waals surface area contributed by atoms with Crippen LogP contribution in [-0.4, -0.2) is 30.0 Å². The van der Waals surface area contributed by atoms with E-state index in [0.29, 0.717) is 5.56 Å². The van der Waals surface area contributed by atoms with Crippen LogP contribution >= 0.6 is 0 Å². The molecule has 0 saturated carbocycles. The summed E-state index contributed by atoms with van der Waals surface area (Å²) in [5.74, 6) is -0.977. The Morgan fingerprint density at radius 2 is 1.58 bits per heavy atom. The van der Waals surface area contributed by atoms with E-state index in [-0.39, 0.29) is 18.5 Å². The molecule has 0 aliphatic carbocycles. The van der Waals surface area contributed by atoms with Crippen LogP contribution in [0.25, 0.3) is 21.5 Å². The van der Waals surface area contributed by atoms with Gasteiger partial charge in [-0.15, -0.1) is 0 Å². The van der Waals surface area contributed by atoms with Gasteiger partial charge < -0.3 is 10.1 Å². The summed E-state index contributed by atoms with van der Waals surface area (Å²) in [5, 5.41) is 17.8. The van der Waals surface area contributed by atoms with Crippen LogP contribution in [0.4, 0.5) is 5.69 Å². The Kier molecular flexibility index (Phi) is 6.31. The van der Waals surface area contributed by atoms with E-state index in [1.54, 1.807) is 6.07 Å². The third-order valence-corrected chi connectivity index (χ3v) is 5.60. The molecule has 0 aliphatic heterocycles. The van der Waals surface area contributed by atoms with Crippen LogP contribution < -0.4 is 5.32 Å². The Labute approximate surface area is 190 Å². The van der Waals surface area contributed by atoms with Crippen molar-refractivity contribution < 1.29 is 19.2 Å². The monoisotopic (exact) mass is 442 g/mol. The summed E-state index contributed by atoms with van der Waals surface area (Å²) in [5.41, 5.74) is 1.34. The van der Waals surface area contributed by atoms with Gasteiger partial charge in [0, 0.05) is 18.6 Å². The van der Waals surface area contributed by atoms with Gasteiger partial charge in [-0.3, -0.25) is 14.9 Å². The van der Waals surface area contributed by atoms with Crippen molar-refractivity contribution in [3.05, 3.63) is 100 Å². The molecule has 4 aromatic rings. The Balaban J connectivity index is 1.64. The summed E-state index contributed by atoms with van der Waals surface area (Å²) in [4.78, 5) is 35.8. The van der Waals surface area contributed by atoms with Gasteiger partial charge in [0.25, 0.3) is 5.69 Å². The number of carbonyl (C=O) groups excluding carboxylic acids is 2. The SMILES string of the molecule is COC(=O)[C@H](Cc1c2ccccc2cc2ccccc12)NC(=O)Cc1cccc([N+](=O)[O-])c1. The zero-order valence-electron chi connectivity index (χ0n) is 18.0. The van der Waals surface area contributed by atoms with Crippen molar-refractivity contribution in [2.45, 2.75) is 18.9 Å². The first-order chi connectivity index (χ1) is 16.0. The molecule has 0 radical (unpaired) electrons. The van der Waals surface area contributed by atoms with Crippen LogP contribution in [0.15, 0.2) is 78.9 Å². The third kappa shape index (κ3) is 4.82. The van der Waals surface area contributed by atoms with E-state index in [4.69, 9.17) is 4.74 Å². The first-order valence-electron chi connectivity index (χ1n) is 10.5. The third-order valence-electron chi connectivity index (χ3n) is 5.60. The number of carbonyl (C=O) groups is 2. The van der Waals surface area contributed by atoms with Crippen molar-refractivity contribution in [3.63, 3.8) is 0 Å². The van der Waals surface area contributed by atoms with E-state index in [1.807, 2.05) is 48.5 Å². The summed E-state index contributed by atoms with van der Waals surface area (Å²) in [6, 6.07) is 22.9. The van der Waals surface area contributed by atoms with Gasteiger partial charge >= 0.3 is 5.97 Å². The number of esters is 1. The highest BCUT2D eigenvalue weighted by Gasteiger charge is 2.24. The standard InChI is InChI=1S/C26H22N2O5/c1-33-26(30)24(27-25(29)14-17-7-6-10-20(13-17)28(31)32)16-23-21-11-4-2-8-18(21)15-19-9-3-5-12-22(19)23/h2-13,15,24H,14,16H2,1H3,(H,27,29)/t24-/m0/s1. The Morgan fingerprint density at radius 3 is 2.18 bits per heavy atom. The van der Waals surface area contributed by atoms with Gasteiger partial charge in [0.2, 0.25) is 5.91 Å². The Bertz CT molecular complexity index is 1310. The van der Waals surface area contributed by atoms with Crippen molar-refractivity contribution in [3.8, 4) is 0 Å². The largest absolute Gasteiger partial charge is 0.467 e. The van der Waals surface area contributed by atoms with Gasteiger partial charge in [-0.2, -0.15) is 0 Å². The molecule has 4 aromatic carbocycles. The van der Waals surface area contributed by atoms with Crippen LogP contribution in [-0.2, 0) is 27.2 Å². The molecule has 1 N–H and O–H groups in total. The number of nitro benzene ring substituents is 1. The maximum Gasteiger partial charge on any atom is 0.328 e. The molecule has 0 heterocycles. The lowest BCUT2D eigenvalue weighted by molar-refractivity contribution is -0.384. The molecule has 0 aliphatic rings. The van der Waals surface area contributed by atoms with Crippen molar-refractivity contribution >= 4 is 39.1 Å². The number of nitro groups is 1. The predicted octanol–water partition coefficient (Wildman–Crippen LogP) is 4.34. The minimum Gasteiger partial charge on any atom is -0.467 e. The summed E-state index contributed by atoms with van der Waals surface area (Å²) in [6.07, 6.45) is 0.153. The van der Waals surface area contributed by atoms with Gasteiger partial charge in [0.05, 0.1) is 18.5 Å². The lowest BCUT2D eigenvalue weighted by Crippen LogP contribution is -2.43. The number of fused-ring (bicyclic) bond motifs is 2. The molecule has 7 nitrogen and oxygen atoms in total. The number of rotatable bonds is 7. The van der Waals surface area contributed by atoms with Crippen LogP contribution in [0.1, 0.15) is 11.1 Å². The highest BCUT2D eigenvalue weighted by atomic mass is 16.6. The minimum atomic E-state index is -0.907. The van der Waals surface area contributed by atoms with E-state index in [9.17, 15) is 19.7 Å². The number of hydrogen-bond acceptors (Lipinski definition) is 5. The molecule has 4 rings (SSSR count). The van der Waals surface area contributed by atoms with Crippen molar-refractivity contribution in [1.82, 2.24) is 5.32 Å². The number of amides is 1. The maximum absolute atomic E-state index is 12.8. The molecule has 1 atom stereocenters. The number of nitrogens with zero attached hydrogens (tertiary/aromatic N) is 1. The molecule has 0 bridgehead atoms. The van der Waals surface area contributed by atoms with E-state index in [2.05, 4.69) is 11.4 Å². The van der Waals surface area contributed by atoms with Crippen molar-refractivity contribution in [1.29, 1.82) is 0 Å². The molecule has 0 aromatic heterocycles. The molecule has 0 unspecified atom stereocenters. The first-order valence-corrected chi connectivity index (χ1v) is 10.5. The highest BCUT2D eigenvalue weighted by Crippen LogP contribution is 2.29. The fraction of sp³-hybridized carbons (Fsp3) is 0.154. The second-order valence-electron chi connectivity index (χ2n) is 7.75. The number of non-ortho nitro benzene ring substituents is 1. The second-order valence-corrected chi connectivity index (χ2v) is 7.75. The summed E-state index contributed by atoms with van der Waals surface area (Å²) < 4.78 is 4.97. The number of benzene rings is 4. The molecular weight excluding hydrogens is 420 g/mol. The van der Waals surface area contributed by atoms with E-state index in [0.717, 1.165) is 27.1 Å². The zero-order valence-corrected chi connectivity index (χ0v) is 18.0. The van der Waals surface area contributed by atoms with Crippen molar-refractivity contribution in [2.24, 2.45) is 0 Å². The van der Waals surface area contributed by atoms with Crippen LogP contribution in [0.2, 0.25) is 0 Å². The Hall–Kier alpha value is -4.26. The van der Waals surface area contributed by atoms with E-state index < -0.39 is 22.8 Å². The van der Waals surface area contributed by atoms with Crippen LogP contribution in [0.3, 0.4) is 0 Å². The predicted molar refractivity (Wildman–Crippen MR) is 126 cm³/mol. The molecule has 166 valence electrons. The van der Waals surface area contributed by atoms with E-state index >= 15 is 0 Å². The fourth-order valence-corrected chi connectivity index (χ4v) is 4.08. The van der Waals surface area contributed by atoms with Crippen LogP contribution in [0, 0.1) is 10.1 Å². The van der Waals surface area contributed by atoms with Crippen LogP contribution in [0.5, 0.6) is 0 Å². The molecule has 0 fully saturated rings. The number of hydrogen-bond donors (Lipinski definition) is 1. The normalized spacial score (nSPS) is 11.8. The molecular formula is C26H22N2O5. The topological polar surface area (TPSA) is 98.5 Å². The summed E-state index contributed by atoms with van der Waals surface area (Å²) in [7, 11) is 1.28. The second kappa shape index (κ2) is 9.48. The number of ether oxygens (including phenoxy) is 1. The van der Waals surface area contributed by atoms with Gasteiger partial charge in [0.15, 0.2) is 0 Å². The lowest BCUT2D eigenvalue weighted by atomic mass is 9.92. The Morgan fingerprint density at radius 1 is 0.939 bits per heavy atom. The van der Waals surface area contributed by atoms with Gasteiger partial charge in [-0.05, 0) is 38.7 Å². The maximum atomic E-state index is 12.8. The first kappa shape index (κ1) is 22.0.